The number of aromatic nitrogens is 1. The van der Waals surface area contributed by atoms with Crippen molar-refractivity contribution in [1.29, 1.82) is 0 Å². The van der Waals surface area contributed by atoms with E-state index in [9.17, 15) is 18.4 Å². The van der Waals surface area contributed by atoms with E-state index >= 15 is 0 Å². The number of carbonyl (C=O) groups is 2. The van der Waals surface area contributed by atoms with Gasteiger partial charge in [-0.05, 0) is 41.8 Å². The highest BCUT2D eigenvalue weighted by Crippen LogP contribution is 2.18. The van der Waals surface area contributed by atoms with Gasteiger partial charge in [0.25, 0.3) is 5.91 Å². The van der Waals surface area contributed by atoms with Crippen LogP contribution in [0.25, 0.3) is 17.0 Å². The fourth-order valence-corrected chi connectivity index (χ4v) is 2.84. The van der Waals surface area contributed by atoms with Crippen LogP contribution in [0.5, 0.6) is 5.75 Å². The second kappa shape index (κ2) is 10.2. The van der Waals surface area contributed by atoms with Crippen molar-refractivity contribution in [1.82, 2.24) is 10.3 Å². The first kappa shape index (κ1) is 21.0. The normalized spacial score (nSPS) is 11.2. The quantitative estimate of drug-likeness (QED) is 0.414. The van der Waals surface area contributed by atoms with Crippen LogP contribution in [0.1, 0.15) is 11.1 Å². The predicted molar refractivity (Wildman–Crippen MR) is 108 cm³/mol. The fourth-order valence-electron chi connectivity index (χ4n) is 2.84. The zero-order valence-corrected chi connectivity index (χ0v) is 15.9. The second-order valence-corrected chi connectivity index (χ2v) is 6.35. The Bertz CT molecular complexity index is 1030. The van der Waals surface area contributed by atoms with Crippen molar-refractivity contribution in [2.45, 2.75) is 13.0 Å². The Morgan fingerprint density at radius 3 is 2.63 bits per heavy atom. The first-order valence-corrected chi connectivity index (χ1v) is 9.22. The van der Waals surface area contributed by atoms with Gasteiger partial charge in [0, 0.05) is 29.7 Å². The Kier molecular flexibility index (Phi) is 7.15. The van der Waals surface area contributed by atoms with Crippen LogP contribution in [-0.4, -0.2) is 36.6 Å². The van der Waals surface area contributed by atoms with Crippen LogP contribution in [0.3, 0.4) is 0 Å². The number of para-hydroxylation sites is 1. The number of rotatable bonds is 9. The van der Waals surface area contributed by atoms with Crippen LogP contribution in [0.15, 0.2) is 60.8 Å². The molecule has 0 aliphatic heterocycles. The molecule has 0 saturated heterocycles. The van der Waals surface area contributed by atoms with Crippen molar-refractivity contribution in [2.75, 3.05) is 13.2 Å². The molecule has 0 atom stereocenters. The van der Waals surface area contributed by atoms with Gasteiger partial charge in [-0.2, -0.15) is 8.78 Å². The van der Waals surface area contributed by atoms with Crippen LogP contribution in [-0.2, 0) is 20.7 Å². The molecule has 1 aromatic heterocycles. The highest BCUT2D eigenvalue weighted by Gasteiger charge is 2.07. The predicted octanol–water partition coefficient (Wildman–Crippen LogP) is 3.68. The third-order valence-electron chi connectivity index (χ3n) is 4.25. The SMILES string of the molecule is O=C(COC(=O)/C=C/c1ccc(OC(F)F)cc1)NCCc1c[nH]c2ccccc12. The lowest BCUT2D eigenvalue weighted by atomic mass is 10.1. The highest BCUT2D eigenvalue weighted by atomic mass is 19.3. The van der Waals surface area contributed by atoms with Crippen LogP contribution in [0.2, 0.25) is 0 Å². The van der Waals surface area contributed by atoms with Gasteiger partial charge < -0.3 is 19.8 Å². The minimum Gasteiger partial charge on any atom is -0.452 e. The number of esters is 1. The van der Waals surface area contributed by atoms with Crippen molar-refractivity contribution in [3.8, 4) is 5.75 Å². The Hall–Kier alpha value is -3.68. The number of alkyl halides is 2. The lowest BCUT2D eigenvalue weighted by Crippen LogP contribution is -2.30. The van der Waals surface area contributed by atoms with Crippen molar-refractivity contribution in [2.24, 2.45) is 0 Å². The number of H-pyrrole nitrogens is 1. The molecular formula is C22H20F2N2O4. The number of nitrogens with one attached hydrogen (secondary N) is 2. The Labute approximate surface area is 171 Å². The van der Waals surface area contributed by atoms with Gasteiger partial charge in [0.05, 0.1) is 0 Å². The number of amides is 1. The lowest BCUT2D eigenvalue weighted by molar-refractivity contribution is -0.143. The molecule has 0 saturated carbocycles. The molecule has 0 unspecified atom stereocenters. The molecule has 156 valence electrons. The van der Waals surface area contributed by atoms with E-state index in [-0.39, 0.29) is 5.75 Å². The van der Waals surface area contributed by atoms with Gasteiger partial charge in [0.1, 0.15) is 5.75 Å². The average Bonchev–Trinajstić information content (AvgIpc) is 3.14. The molecule has 1 amide bonds. The Morgan fingerprint density at radius 1 is 1.10 bits per heavy atom. The molecule has 0 radical (unpaired) electrons. The molecule has 1 heterocycles. The molecule has 0 aliphatic rings. The minimum absolute atomic E-state index is 0.0223. The van der Waals surface area contributed by atoms with E-state index in [2.05, 4.69) is 15.0 Å². The molecule has 8 heteroatoms. The van der Waals surface area contributed by atoms with Crippen LogP contribution in [0.4, 0.5) is 8.78 Å². The number of fused-ring (bicyclic) bond motifs is 1. The topological polar surface area (TPSA) is 80.4 Å². The van der Waals surface area contributed by atoms with E-state index in [1.807, 2.05) is 30.5 Å². The van der Waals surface area contributed by atoms with Crippen LogP contribution in [0, 0.1) is 0 Å². The molecule has 0 bridgehead atoms. The molecule has 0 aliphatic carbocycles. The monoisotopic (exact) mass is 414 g/mol. The molecule has 30 heavy (non-hydrogen) atoms. The molecule has 3 rings (SSSR count). The Morgan fingerprint density at radius 2 is 1.87 bits per heavy atom. The third-order valence-corrected chi connectivity index (χ3v) is 4.25. The summed E-state index contributed by atoms with van der Waals surface area (Å²) >= 11 is 0. The molecular weight excluding hydrogens is 394 g/mol. The van der Waals surface area contributed by atoms with E-state index in [4.69, 9.17) is 4.74 Å². The summed E-state index contributed by atoms with van der Waals surface area (Å²) in [5, 5.41) is 3.82. The lowest BCUT2D eigenvalue weighted by Gasteiger charge is -2.05. The summed E-state index contributed by atoms with van der Waals surface area (Å²) in [4.78, 5) is 26.7. The molecule has 2 aromatic carbocycles. The summed E-state index contributed by atoms with van der Waals surface area (Å²) in [5.41, 5.74) is 2.73. The minimum atomic E-state index is -2.89. The maximum atomic E-state index is 12.1. The number of benzene rings is 2. The van der Waals surface area contributed by atoms with Crippen molar-refractivity contribution in [3.63, 3.8) is 0 Å². The first-order chi connectivity index (χ1) is 14.5. The molecule has 0 fully saturated rings. The number of hydrogen-bond acceptors (Lipinski definition) is 4. The van der Waals surface area contributed by atoms with Gasteiger partial charge >= 0.3 is 12.6 Å². The summed E-state index contributed by atoms with van der Waals surface area (Å²) in [5.74, 6) is -1.06. The molecule has 6 nitrogen and oxygen atoms in total. The summed E-state index contributed by atoms with van der Waals surface area (Å²) in [6, 6.07) is 13.6. The standard InChI is InChI=1S/C22H20F2N2O4/c23-22(24)30-17-8-5-15(6-9-17)7-10-21(28)29-14-20(27)25-12-11-16-13-26-19-4-2-1-3-18(16)19/h1-10,13,22,26H,11-12,14H2,(H,25,27)/b10-7+. The van der Waals surface area contributed by atoms with Crippen molar-refractivity contribution >= 4 is 28.9 Å². The largest absolute Gasteiger partial charge is 0.452 e. The first-order valence-electron chi connectivity index (χ1n) is 9.22. The summed E-state index contributed by atoms with van der Waals surface area (Å²) in [6.45, 7) is -2.87. The zero-order valence-electron chi connectivity index (χ0n) is 15.9. The Balaban J connectivity index is 1.37. The number of carbonyl (C=O) groups excluding carboxylic acids is 2. The zero-order chi connectivity index (χ0) is 21.3. The van der Waals surface area contributed by atoms with Crippen LogP contribution < -0.4 is 10.1 Å². The van der Waals surface area contributed by atoms with Gasteiger partial charge in [-0.15, -0.1) is 0 Å². The molecule has 2 N–H and O–H groups in total. The highest BCUT2D eigenvalue weighted by molar-refractivity contribution is 5.89. The van der Waals surface area contributed by atoms with E-state index < -0.39 is 25.1 Å². The number of hydrogen-bond donors (Lipinski definition) is 2. The van der Waals surface area contributed by atoms with Gasteiger partial charge in [-0.3, -0.25) is 4.79 Å². The van der Waals surface area contributed by atoms with Crippen molar-refractivity contribution < 1.29 is 27.8 Å². The molecule has 0 spiro atoms. The fraction of sp³-hybridized carbons (Fsp3) is 0.182. The van der Waals surface area contributed by atoms with Gasteiger partial charge in [-0.25, -0.2) is 4.79 Å². The van der Waals surface area contributed by atoms with E-state index in [1.54, 1.807) is 0 Å². The van der Waals surface area contributed by atoms with Gasteiger partial charge in [0.2, 0.25) is 0 Å². The number of ether oxygens (including phenoxy) is 2. The van der Waals surface area contributed by atoms with Gasteiger partial charge in [-0.1, -0.05) is 30.3 Å². The smallest absolute Gasteiger partial charge is 0.387 e. The van der Waals surface area contributed by atoms with Crippen molar-refractivity contribution in [3.05, 3.63) is 71.9 Å². The average molecular weight is 414 g/mol. The summed E-state index contributed by atoms with van der Waals surface area (Å²) < 4.78 is 33.3. The maximum Gasteiger partial charge on any atom is 0.387 e. The second-order valence-electron chi connectivity index (χ2n) is 6.35. The number of aromatic amines is 1. The third kappa shape index (κ3) is 6.16. The van der Waals surface area contributed by atoms with E-state index in [0.29, 0.717) is 18.5 Å². The molecule has 3 aromatic rings. The summed E-state index contributed by atoms with van der Waals surface area (Å²) in [6.07, 6.45) is 5.16. The van der Waals surface area contributed by atoms with Gasteiger partial charge in [0.15, 0.2) is 6.61 Å². The maximum absolute atomic E-state index is 12.1. The van der Waals surface area contributed by atoms with E-state index in [1.165, 1.54) is 30.3 Å². The number of halogens is 2. The summed E-state index contributed by atoms with van der Waals surface area (Å²) in [7, 11) is 0. The van der Waals surface area contributed by atoms with Crippen LogP contribution >= 0.6 is 0 Å². The van der Waals surface area contributed by atoms with E-state index in [0.717, 1.165) is 22.5 Å².